The van der Waals surface area contributed by atoms with Gasteiger partial charge in [-0.15, -0.1) is 11.3 Å². The molecule has 7 heteroatoms. The lowest BCUT2D eigenvalue weighted by Gasteiger charge is -2.11. The van der Waals surface area contributed by atoms with Gasteiger partial charge in [-0.25, -0.2) is 0 Å². The molecule has 0 unspecified atom stereocenters. The van der Waals surface area contributed by atoms with Gasteiger partial charge in [-0.3, -0.25) is 20.4 Å². The number of aryl methyl sites for hydroxylation is 1. The number of hydrogen-bond acceptors (Lipinski definition) is 5. The van der Waals surface area contributed by atoms with Gasteiger partial charge in [0.1, 0.15) is 0 Å². The largest absolute Gasteiger partial charge is 0.490 e. The van der Waals surface area contributed by atoms with Crippen LogP contribution in [0.4, 0.5) is 0 Å². The van der Waals surface area contributed by atoms with Crippen LogP contribution < -0.4 is 20.3 Å². The summed E-state index contributed by atoms with van der Waals surface area (Å²) in [5.74, 6) is 0.231. The molecule has 2 amide bonds. The maximum Gasteiger partial charge on any atom is 0.279 e. The molecule has 0 aliphatic rings. The molecule has 1 aromatic heterocycles. The number of amides is 2. The molecule has 23 heavy (non-hydrogen) atoms. The van der Waals surface area contributed by atoms with Gasteiger partial charge in [-0.05, 0) is 38.1 Å². The summed E-state index contributed by atoms with van der Waals surface area (Å²) in [5, 5.41) is 0. The summed E-state index contributed by atoms with van der Waals surface area (Å²) in [6.45, 7) is 4.05. The van der Waals surface area contributed by atoms with E-state index in [0.29, 0.717) is 23.0 Å². The van der Waals surface area contributed by atoms with Crippen molar-refractivity contribution in [1.82, 2.24) is 10.9 Å². The first kappa shape index (κ1) is 16.8. The number of benzene rings is 1. The minimum atomic E-state index is -0.460. The Morgan fingerprint density at radius 1 is 1.04 bits per heavy atom. The average molecular weight is 334 g/mol. The van der Waals surface area contributed by atoms with Crippen molar-refractivity contribution >= 4 is 23.2 Å². The van der Waals surface area contributed by atoms with Crippen molar-refractivity contribution in [2.75, 3.05) is 13.2 Å². The Hall–Kier alpha value is -2.54. The summed E-state index contributed by atoms with van der Waals surface area (Å²) >= 11 is 1.35. The summed E-state index contributed by atoms with van der Waals surface area (Å²) in [6, 6.07) is 10.6. The number of carbonyl (C=O) groups excluding carboxylic acids is 2. The zero-order valence-electron chi connectivity index (χ0n) is 12.9. The molecular formula is C16H18N2O4S. The fourth-order valence-electron chi connectivity index (χ4n) is 1.77. The Morgan fingerprint density at radius 3 is 2.35 bits per heavy atom. The van der Waals surface area contributed by atoms with E-state index in [1.807, 2.05) is 26.0 Å². The zero-order valence-corrected chi connectivity index (χ0v) is 13.7. The number of thiophene rings is 1. The van der Waals surface area contributed by atoms with Crippen LogP contribution in [0.5, 0.6) is 11.5 Å². The van der Waals surface area contributed by atoms with Crippen molar-refractivity contribution in [1.29, 1.82) is 0 Å². The highest BCUT2D eigenvalue weighted by Gasteiger charge is 2.10. The van der Waals surface area contributed by atoms with Gasteiger partial charge in [0.2, 0.25) is 0 Å². The summed E-state index contributed by atoms with van der Waals surface area (Å²) in [4.78, 5) is 25.1. The minimum absolute atomic E-state index is 0.228. The predicted molar refractivity (Wildman–Crippen MR) is 87.8 cm³/mol. The summed E-state index contributed by atoms with van der Waals surface area (Å²) in [6.07, 6.45) is 0. The summed E-state index contributed by atoms with van der Waals surface area (Å²) in [5.41, 5.74) is 4.66. The second kappa shape index (κ2) is 8.19. The Bertz CT molecular complexity index is 684. The van der Waals surface area contributed by atoms with Gasteiger partial charge in [-0.1, -0.05) is 12.1 Å². The van der Waals surface area contributed by atoms with Crippen LogP contribution in [0.15, 0.2) is 36.4 Å². The van der Waals surface area contributed by atoms with E-state index in [1.165, 1.54) is 11.3 Å². The lowest BCUT2D eigenvalue weighted by molar-refractivity contribution is -0.123. The van der Waals surface area contributed by atoms with Crippen LogP contribution in [-0.2, 0) is 4.79 Å². The van der Waals surface area contributed by atoms with E-state index in [1.54, 1.807) is 24.3 Å². The molecule has 0 fully saturated rings. The third kappa shape index (κ3) is 5.00. The Balaban J connectivity index is 1.80. The number of ether oxygens (including phenoxy) is 2. The van der Waals surface area contributed by atoms with E-state index in [2.05, 4.69) is 10.9 Å². The van der Waals surface area contributed by atoms with Crippen molar-refractivity contribution in [3.05, 3.63) is 46.2 Å². The van der Waals surface area contributed by atoms with Crippen LogP contribution in [-0.4, -0.2) is 25.0 Å². The minimum Gasteiger partial charge on any atom is -0.490 e. The van der Waals surface area contributed by atoms with Gasteiger partial charge in [0.05, 0.1) is 11.5 Å². The van der Waals surface area contributed by atoms with E-state index >= 15 is 0 Å². The third-order valence-corrected chi connectivity index (χ3v) is 3.79. The molecule has 0 saturated carbocycles. The van der Waals surface area contributed by atoms with Gasteiger partial charge < -0.3 is 9.47 Å². The van der Waals surface area contributed by atoms with Gasteiger partial charge >= 0.3 is 0 Å². The first-order chi connectivity index (χ1) is 11.1. The second-order valence-corrected chi connectivity index (χ2v) is 5.87. The van der Waals surface area contributed by atoms with E-state index in [-0.39, 0.29) is 12.5 Å². The summed E-state index contributed by atoms with van der Waals surface area (Å²) < 4.78 is 10.8. The number of nitrogens with one attached hydrogen (secondary N) is 2. The third-order valence-electron chi connectivity index (χ3n) is 2.79. The molecule has 6 nitrogen and oxygen atoms in total. The fourth-order valence-corrected chi connectivity index (χ4v) is 2.53. The van der Waals surface area contributed by atoms with Gasteiger partial charge in [0, 0.05) is 4.88 Å². The quantitative estimate of drug-likeness (QED) is 0.795. The number of carbonyl (C=O) groups is 2. The molecule has 0 spiro atoms. The molecular weight excluding hydrogens is 316 g/mol. The molecule has 0 aliphatic heterocycles. The molecule has 122 valence electrons. The summed E-state index contributed by atoms with van der Waals surface area (Å²) in [7, 11) is 0. The molecule has 1 aromatic carbocycles. The lowest BCUT2D eigenvalue weighted by atomic mass is 10.3. The normalized spacial score (nSPS) is 10.0. The van der Waals surface area contributed by atoms with Crippen LogP contribution in [0.25, 0.3) is 0 Å². The Labute approximate surface area is 138 Å². The van der Waals surface area contributed by atoms with Crippen molar-refractivity contribution < 1.29 is 19.1 Å². The molecule has 0 atom stereocenters. The lowest BCUT2D eigenvalue weighted by Crippen LogP contribution is -2.43. The highest BCUT2D eigenvalue weighted by atomic mass is 32.1. The molecule has 0 aliphatic carbocycles. The zero-order chi connectivity index (χ0) is 16.7. The number of hydrazine groups is 1. The topological polar surface area (TPSA) is 76.7 Å². The van der Waals surface area contributed by atoms with Crippen LogP contribution in [0.2, 0.25) is 0 Å². The smallest absolute Gasteiger partial charge is 0.279 e. The SMILES string of the molecule is CCOc1ccccc1OCC(=O)NNC(=O)c1ccc(C)s1. The van der Waals surface area contributed by atoms with E-state index in [9.17, 15) is 9.59 Å². The van der Waals surface area contributed by atoms with Gasteiger partial charge in [0.25, 0.3) is 11.8 Å². The number of hydrogen-bond donors (Lipinski definition) is 2. The number of rotatable bonds is 6. The highest BCUT2D eigenvalue weighted by Crippen LogP contribution is 2.26. The van der Waals surface area contributed by atoms with Crippen LogP contribution in [0.1, 0.15) is 21.5 Å². The highest BCUT2D eigenvalue weighted by molar-refractivity contribution is 7.13. The van der Waals surface area contributed by atoms with Crippen molar-refractivity contribution in [3.63, 3.8) is 0 Å². The van der Waals surface area contributed by atoms with E-state index in [0.717, 1.165) is 4.88 Å². The predicted octanol–water partition coefficient (Wildman–Crippen LogP) is 2.30. The molecule has 0 radical (unpaired) electrons. The Morgan fingerprint density at radius 2 is 1.74 bits per heavy atom. The van der Waals surface area contributed by atoms with Crippen LogP contribution in [0.3, 0.4) is 0 Å². The molecule has 1 heterocycles. The fraction of sp³-hybridized carbons (Fsp3) is 0.250. The van der Waals surface area contributed by atoms with Crippen molar-refractivity contribution in [3.8, 4) is 11.5 Å². The Kier molecular flexibility index (Phi) is 5.99. The molecule has 0 saturated heterocycles. The number of para-hydroxylation sites is 2. The maximum absolute atomic E-state index is 11.8. The molecule has 2 N–H and O–H groups in total. The van der Waals surface area contributed by atoms with Crippen molar-refractivity contribution in [2.45, 2.75) is 13.8 Å². The van der Waals surface area contributed by atoms with Crippen LogP contribution in [0, 0.1) is 6.92 Å². The molecule has 0 bridgehead atoms. The van der Waals surface area contributed by atoms with E-state index in [4.69, 9.17) is 9.47 Å². The first-order valence-electron chi connectivity index (χ1n) is 7.10. The van der Waals surface area contributed by atoms with Crippen molar-refractivity contribution in [2.24, 2.45) is 0 Å². The molecule has 2 rings (SSSR count). The standard InChI is InChI=1S/C16H18N2O4S/c1-3-21-12-6-4-5-7-13(12)22-10-15(19)17-18-16(20)14-9-8-11(2)23-14/h4-9H,3,10H2,1-2H3,(H,17,19)(H,18,20). The molecule has 2 aromatic rings. The average Bonchev–Trinajstić information content (AvgIpc) is 2.98. The first-order valence-corrected chi connectivity index (χ1v) is 7.92. The van der Waals surface area contributed by atoms with E-state index < -0.39 is 5.91 Å². The second-order valence-electron chi connectivity index (χ2n) is 4.58. The monoisotopic (exact) mass is 334 g/mol. The van der Waals surface area contributed by atoms with Gasteiger partial charge in [-0.2, -0.15) is 0 Å². The maximum atomic E-state index is 11.8. The van der Waals surface area contributed by atoms with Crippen LogP contribution >= 0.6 is 11.3 Å². The van der Waals surface area contributed by atoms with Gasteiger partial charge in [0.15, 0.2) is 18.1 Å².